The smallest absolute Gasteiger partial charge is 0.147 e. The molecular weight excluding hydrogens is 283 g/mol. The number of halogens is 2. The summed E-state index contributed by atoms with van der Waals surface area (Å²) in [4.78, 5) is 6.55. The van der Waals surface area contributed by atoms with Crippen LogP contribution in [0, 0.1) is 5.41 Å². The maximum absolute atomic E-state index is 6.11. The predicted molar refractivity (Wildman–Crippen MR) is 82.0 cm³/mol. The van der Waals surface area contributed by atoms with E-state index in [0.29, 0.717) is 21.7 Å². The maximum Gasteiger partial charge on any atom is 0.147 e. The Bertz CT molecular complexity index is 456. The van der Waals surface area contributed by atoms with Crippen LogP contribution in [0.3, 0.4) is 0 Å². The SMILES string of the molecule is CN1CCC(C)(CNc2nc(N)c(Cl)cc2Cl)CC1. The van der Waals surface area contributed by atoms with E-state index in [2.05, 4.69) is 29.2 Å². The van der Waals surface area contributed by atoms with Gasteiger partial charge in [-0.3, -0.25) is 0 Å². The van der Waals surface area contributed by atoms with Crippen molar-refractivity contribution in [1.29, 1.82) is 0 Å². The van der Waals surface area contributed by atoms with E-state index in [4.69, 9.17) is 28.9 Å². The summed E-state index contributed by atoms with van der Waals surface area (Å²) < 4.78 is 0. The molecule has 0 saturated carbocycles. The van der Waals surface area contributed by atoms with E-state index < -0.39 is 0 Å². The standard InChI is InChI=1S/C13H20Cl2N4/c1-13(3-5-19(2)6-4-13)8-17-12-10(15)7-9(14)11(16)18-12/h7H,3-6,8H2,1-2H3,(H3,16,17,18). The van der Waals surface area contributed by atoms with Crippen molar-refractivity contribution in [2.75, 3.05) is 37.7 Å². The molecule has 1 aromatic rings. The minimum Gasteiger partial charge on any atom is -0.382 e. The summed E-state index contributed by atoms with van der Waals surface area (Å²) in [5.41, 5.74) is 5.97. The Morgan fingerprint density at radius 3 is 2.63 bits per heavy atom. The van der Waals surface area contributed by atoms with Crippen molar-refractivity contribution in [2.24, 2.45) is 5.41 Å². The number of pyridine rings is 1. The molecule has 0 amide bonds. The van der Waals surface area contributed by atoms with E-state index in [1.807, 2.05) is 0 Å². The number of rotatable bonds is 3. The van der Waals surface area contributed by atoms with Crippen LogP contribution in [-0.4, -0.2) is 36.6 Å². The summed E-state index contributed by atoms with van der Waals surface area (Å²) in [5, 5.41) is 4.21. The van der Waals surface area contributed by atoms with Gasteiger partial charge in [0.1, 0.15) is 11.6 Å². The van der Waals surface area contributed by atoms with Gasteiger partial charge in [-0.15, -0.1) is 0 Å². The topological polar surface area (TPSA) is 54.2 Å². The second-order valence-corrected chi connectivity index (χ2v) is 6.47. The minimum atomic E-state index is 0.270. The van der Waals surface area contributed by atoms with Crippen LogP contribution in [0.2, 0.25) is 10.0 Å². The van der Waals surface area contributed by atoms with Crippen molar-refractivity contribution >= 4 is 34.8 Å². The average molecular weight is 303 g/mol. The first-order chi connectivity index (χ1) is 8.89. The molecule has 1 saturated heterocycles. The van der Waals surface area contributed by atoms with Gasteiger partial charge in [0.05, 0.1) is 10.0 Å². The van der Waals surface area contributed by atoms with Gasteiger partial charge in [0.25, 0.3) is 0 Å². The lowest BCUT2D eigenvalue weighted by atomic mass is 9.80. The van der Waals surface area contributed by atoms with Crippen LogP contribution in [0.1, 0.15) is 19.8 Å². The maximum atomic E-state index is 6.11. The molecule has 0 radical (unpaired) electrons. The van der Waals surface area contributed by atoms with Gasteiger partial charge in [-0.25, -0.2) is 4.98 Å². The first kappa shape index (κ1) is 14.7. The first-order valence-corrected chi connectivity index (χ1v) is 7.19. The van der Waals surface area contributed by atoms with Gasteiger partial charge in [-0.2, -0.15) is 0 Å². The fourth-order valence-corrected chi connectivity index (χ4v) is 2.66. The third kappa shape index (κ3) is 3.65. The van der Waals surface area contributed by atoms with E-state index in [1.165, 1.54) is 0 Å². The molecule has 0 unspecified atom stereocenters. The number of nitrogens with zero attached hydrogens (tertiary/aromatic N) is 2. The molecular formula is C13H20Cl2N4. The van der Waals surface area contributed by atoms with E-state index in [-0.39, 0.29) is 5.41 Å². The molecule has 2 rings (SSSR count). The summed E-state index contributed by atoms with van der Waals surface area (Å²) >= 11 is 12.0. The average Bonchev–Trinajstić information content (AvgIpc) is 2.36. The third-order valence-electron chi connectivity index (χ3n) is 3.83. The highest BCUT2D eigenvalue weighted by Gasteiger charge is 2.28. The molecule has 106 valence electrons. The largest absolute Gasteiger partial charge is 0.382 e. The molecule has 1 fully saturated rings. The zero-order valence-corrected chi connectivity index (χ0v) is 12.9. The molecule has 0 bridgehead atoms. The summed E-state index contributed by atoms with van der Waals surface area (Å²) in [6.45, 7) is 5.39. The molecule has 1 aromatic heterocycles. The number of piperidine rings is 1. The molecule has 4 nitrogen and oxygen atoms in total. The molecule has 0 aromatic carbocycles. The fraction of sp³-hybridized carbons (Fsp3) is 0.615. The first-order valence-electron chi connectivity index (χ1n) is 6.44. The van der Waals surface area contributed by atoms with Gasteiger partial charge >= 0.3 is 0 Å². The van der Waals surface area contributed by atoms with E-state index in [1.54, 1.807) is 6.07 Å². The Kier molecular flexibility index (Phi) is 4.43. The number of anilines is 2. The molecule has 19 heavy (non-hydrogen) atoms. The minimum absolute atomic E-state index is 0.270. The highest BCUT2D eigenvalue weighted by Crippen LogP contribution is 2.32. The Hall–Kier alpha value is -0.710. The monoisotopic (exact) mass is 302 g/mol. The molecule has 0 spiro atoms. The summed E-state index contributed by atoms with van der Waals surface area (Å²) in [5.74, 6) is 0.922. The lowest BCUT2D eigenvalue weighted by Gasteiger charge is -2.38. The number of likely N-dealkylation sites (tertiary alicyclic amines) is 1. The van der Waals surface area contributed by atoms with Crippen molar-refractivity contribution in [3.63, 3.8) is 0 Å². The Morgan fingerprint density at radius 2 is 2.00 bits per heavy atom. The quantitative estimate of drug-likeness (QED) is 0.901. The van der Waals surface area contributed by atoms with Gasteiger partial charge in [-0.05, 0) is 44.5 Å². The van der Waals surface area contributed by atoms with Gasteiger partial charge < -0.3 is 16.0 Å². The second kappa shape index (κ2) is 5.73. The van der Waals surface area contributed by atoms with Crippen molar-refractivity contribution in [3.8, 4) is 0 Å². The molecule has 0 aliphatic carbocycles. The zero-order valence-electron chi connectivity index (χ0n) is 11.3. The number of hydrogen-bond donors (Lipinski definition) is 2. The third-order valence-corrected chi connectivity index (χ3v) is 4.42. The molecule has 1 aliphatic heterocycles. The summed E-state index contributed by atoms with van der Waals surface area (Å²) in [6.07, 6.45) is 2.33. The fourth-order valence-electron chi connectivity index (χ4n) is 2.24. The highest BCUT2D eigenvalue weighted by molar-refractivity contribution is 6.37. The summed E-state index contributed by atoms with van der Waals surface area (Å²) in [7, 11) is 2.16. The van der Waals surface area contributed by atoms with Gasteiger partial charge in [-0.1, -0.05) is 30.1 Å². The van der Waals surface area contributed by atoms with Gasteiger partial charge in [0.2, 0.25) is 0 Å². The Morgan fingerprint density at radius 1 is 1.37 bits per heavy atom. The van der Waals surface area contributed by atoms with Crippen LogP contribution >= 0.6 is 23.2 Å². The van der Waals surface area contributed by atoms with Crippen molar-refractivity contribution in [3.05, 3.63) is 16.1 Å². The number of nitrogens with two attached hydrogens (primary N) is 1. The van der Waals surface area contributed by atoms with Crippen LogP contribution in [0.15, 0.2) is 6.07 Å². The number of nitrogen functional groups attached to an aromatic ring is 1. The van der Waals surface area contributed by atoms with Crippen molar-refractivity contribution in [1.82, 2.24) is 9.88 Å². The van der Waals surface area contributed by atoms with Crippen LogP contribution in [0.4, 0.5) is 11.6 Å². The van der Waals surface area contributed by atoms with Crippen LogP contribution < -0.4 is 11.1 Å². The Balaban J connectivity index is 2.01. The lowest BCUT2D eigenvalue weighted by molar-refractivity contribution is 0.150. The van der Waals surface area contributed by atoms with Gasteiger partial charge in [0.15, 0.2) is 0 Å². The molecule has 0 atom stereocenters. The second-order valence-electron chi connectivity index (χ2n) is 5.65. The number of aromatic nitrogens is 1. The summed E-state index contributed by atoms with van der Waals surface area (Å²) in [6, 6.07) is 1.63. The lowest BCUT2D eigenvalue weighted by Crippen LogP contribution is -2.40. The van der Waals surface area contributed by atoms with Crippen molar-refractivity contribution in [2.45, 2.75) is 19.8 Å². The highest BCUT2D eigenvalue weighted by atomic mass is 35.5. The van der Waals surface area contributed by atoms with Crippen LogP contribution in [0.25, 0.3) is 0 Å². The van der Waals surface area contributed by atoms with Crippen LogP contribution in [0.5, 0.6) is 0 Å². The van der Waals surface area contributed by atoms with E-state index in [9.17, 15) is 0 Å². The number of nitrogens with one attached hydrogen (secondary N) is 1. The predicted octanol–water partition coefficient (Wildman–Crippen LogP) is 3.11. The normalized spacial score (nSPS) is 19.4. The molecule has 3 N–H and O–H groups in total. The zero-order chi connectivity index (χ0) is 14.0. The van der Waals surface area contributed by atoms with Crippen molar-refractivity contribution < 1.29 is 0 Å². The molecule has 2 heterocycles. The van der Waals surface area contributed by atoms with E-state index in [0.717, 1.165) is 32.5 Å². The molecule has 6 heteroatoms. The van der Waals surface area contributed by atoms with Crippen LogP contribution in [-0.2, 0) is 0 Å². The van der Waals surface area contributed by atoms with Gasteiger partial charge in [0, 0.05) is 6.54 Å². The van der Waals surface area contributed by atoms with E-state index >= 15 is 0 Å². The molecule has 1 aliphatic rings. The number of hydrogen-bond acceptors (Lipinski definition) is 4. The Labute approximate surface area is 124 Å².